The number of nitrogens with two attached hydrogens (primary N) is 1. The van der Waals surface area contributed by atoms with E-state index in [0.717, 1.165) is 12.8 Å². The molecule has 3 N–H and O–H groups in total. The lowest BCUT2D eigenvalue weighted by Gasteiger charge is -2.35. The summed E-state index contributed by atoms with van der Waals surface area (Å²) in [6, 6.07) is -0.911. The molecule has 1 saturated heterocycles. The molecule has 0 radical (unpaired) electrons. The van der Waals surface area contributed by atoms with E-state index in [0.29, 0.717) is 13.0 Å². The summed E-state index contributed by atoms with van der Waals surface area (Å²) in [5.41, 5.74) is 5.67. The molecular weight excluding hydrogens is 208 g/mol. The molecule has 1 amide bonds. The fourth-order valence-electron chi connectivity index (χ4n) is 1.94. The third-order valence-electron chi connectivity index (χ3n) is 3.25. The van der Waals surface area contributed by atoms with Gasteiger partial charge in [0.2, 0.25) is 5.91 Å². The summed E-state index contributed by atoms with van der Waals surface area (Å²) in [5, 5.41) is 9.05. The maximum atomic E-state index is 12.0. The lowest BCUT2D eigenvalue weighted by molar-refractivity contribution is -0.153. The van der Waals surface area contributed by atoms with Crippen molar-refractivity contribution in [3.8, 4) is 0 Å². The first kappa shape index (κ1) is 13.0. The maximum absolute atomic E-state index is 12.0. The van der Waals surface area contributed by atoms with Crippen LogP contribution < -0.4 is 5.73 Å². The molecule has 1 heterocycles. The molecule has 0 aliphatic carbocycles. The number of carbonyl (C=O) groups is 2. The van der Waals surface area contributed by atoms with Crippen molar-refractivity contribution < 1.29 is 14.7 Å². The van der Waals surface area contributed by atoms with Gasteiger partial charge in [0, 0.05) is 12.6 Å². The van der Waals surface area contributed by atoms with Crippen molar-refractivity contribution in [2.45, 2.75) is 45.2 Å². The Morgan fingerprint density at radius 1 is 1.38 bits per heavy atom. The Hall–Kier alpha value is -1.10. The summed E-state index contributed by atoms with van der Waals surface area (Å²) >= 11 is 0. The maximum Gasteiger partial charge on any atom is 0.326 e. The Morgan fingerprint density at radius 3 is 2.50 bits per heavy atom. The Balaban J connectivity index is 2.75. The quantitative estimate of drug-likeness (QED) is 0.734. The number of hydrogen-bond acceptors (Lipinski definition) is 3. The predicted molar refractivity (Wildman–Crippen MR) is 59.8 cm³/mol. The minimum atomic E-state index is -0.912. The van der Waals surface area contributed by atoms with Gasteiger partial charge in [-0.15, -0.1) is 0 Å². The first-order valence-corrected chi connectivity index (χ1v) is 5.74. The molecule has 16 heavy (non-hydrogen) atoms. The van der Waals surface area contributed by atoms with Gasteiger partial charge in [0.1, 0.15) is 6.04 Å². The van der Waals surface area contributed by atoms with Gasteiger partial charge < -0.3 is 15.7 Å². The van der Waals surface area contributed by atoms with Gasteiger partial charge >= 0.3 is 5.97 Å². The number of carboxylic acids is 1. The van der Waals surface area contributed by atoms with Crippen LogP contribution in [-0.4, -0.2) is 40.5 Å². The summed E-state index contributed by atoms with van der Waals surface area (Å²) in [6.45, 7) is 4.05. The van der Waals surface area contributed by atoms with E-state index in [4.69, 9.17) is 10.8 Å². The summed E-state index contributed by atoms with van der Waals surface area (Å²) < 4.78 is 0. The number of carbonyl (C=O) groups excluding carboxylic acids is 1. The average molecular weight is 228 g/mol. The number of amides is 1. The van der Waals surface area contributed by atoms with Crippen molar-refractivity contribution in [1.82, 2.24) is 4.90 Å². The molecule has 92 valence electrons. The Labute approximate surface area is 95.6 Å². The number of piperidine rings is 1. The summed E-state index contributed by atoms with van der Waals surface area (Å²) in [7, 11) is 0. The molecule has 0 bridgehead atoms. The number of carboxylic acid groups (broad SMARTS) is 1. The van der Waals surface area contributed by atoms with Crippen LogP contribution in [0.15, 0.2) is 0 Å². The predicted octanol–water partition coefficient (Wildman–Crippen LogP) is 0.435. The van der Waals surface area contributed by atoms with E-state index in [1.165, 1.54) is 4.90 Å². The zero-order valence-corrected chi connectivity index (χ0v) is 9.85. The van der Waals surface area contributed by atoms with Crippen LogP contribution in [0.1, 0.15) is 33.1 Å². The van der Waals surface area contributed by atoms with Crippen molar-refractivity contribution in [3.63, 3.8) is 0 Å². The number of nitrogens with zero attached hydrogens (tertiary/aromatic N) is 1. The molecule has 1 aliphatic rings. The zero-order valence-electron chi connectivity index (χ0n) is 9.85. The van der Waals surface area contributed by atoms with Crippen LogP contribution in [0, 0.1) is 5.92 Å². The van der Waals surface area contributed by atoms with Crippen LogP contribution >= 0.6 is 0 Å². The normalized spacial score (nSPS) is 24.9. The van der Waals surface area contributed by atoms with Crippen molar-refractivity contribution in [2.75, 3.05) is 6.54 Å². The second-order valence-corrected chi connectivity index (χ2v) is 4.53. The van der Waals surface area contributed by atoms with Crippen LogP contribution in [0.3, 0.4) is 0 Å². The highest BCUT2D eigenvalue weighted by molar-refractivity contribution is 5.85. The highest BCUT2D eigenvalue weighted by Crippen LogP contribution is 2.20. The molecule has 0 aromatic heterocycles. The van der Waals surface area contributed by atoms with Gasteiger partial charge in [0.05, 0.1) is 5.92 Å². The zero-order chi connectivity index (χ0) is 12.3. The monoisotopic (exact) mass is 228 g/mol. The number of aliphatic carboxylic acids is 1. The van der Waals surface area contributed by atoms with E-state index in [1.54, 1.807) is 13.8 Å². The molecule has 0 saturated carbocycles. The fourth-order valence-corrected chi connectivity index (χ4v) is 1.94. The van der Waals surface area contributed by atoms with Gasteiger partial charge in [-0.25, -0.2) is 4.79 Å². The third kappa shape index (κ3) is 2.72. The van der Waals surface area contributed by atoms with Crippen LogP contribution in [-0.2, 0) is 9.59 Å². The molecule has 5 nitrogen and oxygen atoms in total. The smallest absolute Gasteiger partial charge is 0.326 e. The minimum Gasteiger partial charge on any atom is -0.480 e. The average Bonchev–Trinajstić information content (AvgIpc) is 2.26. The minimum absolute atomic E-state index is 0.137. The second-order valence-electron chi connectivity index (χ2n) is 4.53. The highest BCUT2D eigenvalue weighted by Gasteiger charge is 2.34. The number of hydrogen-bond donors (Lipinski definition) is 2. The lowest BCUT2D eigenvalue weighted by atomic mass is 9.97. The summed E-state index contributed by atoms with van der Waals surface area (Å²) in [4.78, 5) is 24.5. The van der Waals surface area contributed by atoms with Gasteiger partial charge in [-0.1, -0.05) is 6.92 Å². The van der Waals surface area contributed by atoms with Crippen molar-refractivity contribution in [1.29, 1.82) is 0 Å². The van der Waals surface area contributed by atoms with Gasteiger partial charge in [-0.3, -0.25) is 4.79 Å². The first-order chi connectivity index (χ1) is 7.45. The van der Waals surface area contributed by atoms with Crippen LogP contribution in [0.2, 0.25) is 0 Å². The molecular formula is C11H20N2O3. The number of likely N-dealkylation sites (tertiary alicyclic amines) is 1. The Bertz CT molecular complexity index is 278. The SMILES string of the molecule is CC(N)C(C)C(=O)N1CCCCC1C(=O)O. The molecule has 0 aromatic rings. The van der Waals surface area contributed by atoms with E-state index >= 15 is 0 Å². The van der Waals surface area contributed by atoms with Crippen LogP contribution in [0.25, 0.3) is 0 Å². The van der Waals surface area contributed by atoms with Gasteiger partial charge in [-0.2, -0.15) is 0 Å². The number of rotatable bonds is 3. The van der Waals surface area contributed by atoms with Gasteiger partial charge in [0.15, 0.2) is 0 Å². The molecule has 3 atom stereocenters. The van der Waals surface area contributed by atoms with Crippen molar-refractivity contribution in [3.05, 3.63) is 0 Å². The van der Waals surface area contributed by atoms with E-state index in [1.807, 2.05) is 0 Å². The molecule has 0 aromatic carbocycles. The van der Waals surface area contributed by atoms with Gasteiger partial charge in [-0.05, 0) is 26.2 Å². The molecule has 5 heteroatoms. The standard InChI is InChI=1S/C11H20N2O3/c1-7(8(2)12)10(14)13-6-4-3-5-9(13)11(15)16/h7-9H,3-6,12H2,1-2H3,(H,15,16). The molecule has 1 rings (SSSR count). The van der Waals surface area contributed by atoms with Crippen molar-refractivity contribution in [2.24, 2.45) is 11.7 Å². The lowest BCUT2D eigenvalue weighted by Crippen LogP contribution is -2.51. The van der Waals surface area contributed by atoms with Crippen molar-refractivity contribution >= 4 is 11.9 Å². The molecule has 0 spiro atoms. The second kappa shape index (κ2) is 5.30. The van der Waals surface area contributed by atoms with Crippen LogP contribution in [0.5, 0.6) is 0 Å². The van der Waals surface area contributed by atoms with E-state index < -0.39 is 12.0 Å². The fraction of sp³-hybridized carbons (Fsp3) is 0.818. The largest absolute Gasteiger partial charge is 0.480 e. The third-order valence-corrected chi connectivity index (χ3v) is 3.25. The topological polar surface area (TPSA) is 83.6 Å². The van der Waals surface area contributed by atoms with Gasteiger partial charge in [0.25, 0.3) is 0 Å². The van der Waals surface area contributed by atoms with E-state index in [-0.39, 0.29) is 17.9 Å². The Morgan fingerprint density at radius 2 is 2.00 bits per heavy atom. The molecule has 1 aliphatic heterocycles. The summed E-state index contributed by atoms with van der Waals surface area (Å²) in [5.74, 6) is -1.37. The van der Waals surface area contributed by atoms with E-state index in [2.05, 4.69) is 0 Å². The Kier molecular flexibility index (Phi) is 4.29. The van der Waals surface area contributed by atoms with Crippen LogP contribution in [0.4, 0.5) is 0 Å². The first-order valence-electron chi connectivity index (χ1n) is 5.74. The summed E-state index contributed by atoms with van der Waals surface area (Å²) in [6.07, 6.45) is 2.29. The van der Waals surface area contributed by atoms with E-state index in [9.17, 15) is 9.59 Å². The molecule has 1 fully saturated rings. The molecule has 3 unspecified atom stereocenters. The highest BCUT2D eigenvalue weighted by atomic mass is 16.4.